The number of benzene rings is 1. The van der Waals surface area contributed by atoms with Crippen LogP contribution in [0, 0.1) is 0 Å². The quantitative estimate of drug-likeness (QED) is 0.179. The van der Waals surface area contributed by atoms with Gasteiger partial charge in [-0.3, -0.25) is 4.98 Å². The lowest BCUT2D eigenvalue weighted by Gasteiger charge is -2.15. The Morgan fingerprint density at radius 2 is 1.69 bits per heavy atom. The van der Waals surface area contributed by atoms with E-state index in [0.717, 1.165) is 24.9 Å². The van der Waals surface area contributed by atoms with Crippen molar-refractivity contribution in [2.45, 2.75) is 51.6 Å². The van der Waals surface area contributed by atoms with Gasteiger partial charge in [-0.05, 0) is 36.8 Å². The van der Waals surface area contributed by atoms with Crippen molar-refractivity contribution in [3.8, 4) is 22.0 Å². The Labute approximate surface area is 216 Å². The Hall–Kier alpha value is -2.98. The molecule has 0 saturated carbocycles. The molecule has 0 aliphatic rings. The molecule has 0 fully saturated rings. The summed E-state index contributed by atoms with van der Waals surface area (Å²) in [6.07, 6.45) is 5.48. The summed E-state index contributed by atoms with van der Waals surface area (Å²) in [6, 6.07) is 8.10. The Morgan fingerprint density at radius 1 is 0.917 bits per heavy atom. The molecule has 0 radical (unpaired) electrons. The number of rotatable bonds is 12. The smallest absolute Gasteiger partial charge is 0.385 e. The van der Waals surface area contributed by atoms with Crippen LogP contribution in [0.15, 0.2) is 53.5 Å². The molecule has 0 aliphatic heterocycles. The van der Waals surface area contributed by atoms with Crippen LogP contribution in [0.1, 0.15) is 51.0 Å². The van der Waals surface area contributed by atoms with Gasteiger partial charge in [-0.25, -0.2) is 9.97 Å². The lowest BCUT2D eigenvalue weighted by molar-refractivity contribution is -0.136. The summed E-state index contributed by atoms with van der Waals surface area (Å²) >= 11 is 2.73. The number of pyridine rings is 1. The van der Waals surface area contributed by atoms with E-state index in [4.69, 9.17) is 0 Å². The highest BCUT2D eigenvalue weighted by Gasteiger charge is 2.34. The second-order valence-electron chi connectivity index (χ2n) is 8.40. The van der Waals surface area contributed by atoms with E-state index < -0.39 is 11.7 Å². The minimum atomic E-state index is -4.46. The Morgan fingerprint density at radius 3 is 2.47 bits per heavy atom. The molecule has 10 heteroatoms. The number of thiazole rings is 2. The first-order valence-electron chi connectivity index (χ1n) is 12.0. The van der Waals surface area contributed by atoms with Gasteiger partial charge in [-0.15, -0.1) is 22.7 Å². The molecule has 0 aliphatic carbocycles. The van der Waals surface area contributed by atoms with E-state index >= 15 is 0 Å². The highest BCUT2D eigenvalue weighted by Crippen LogP contribution is 2.39. The third kappa shape index (κ3) is 7.04. The van der Waals surface area contributed by atoms with Gasteiger partial charge in [-0.1, -0.05) is 39.0 Å². The van der Waals surface area contributed by atoms with E-state index in [1.807, 2.05) is 22.9 Å². The number of nitrogens with zero attached hydrogens (tertiary/aromatic N) is 3. The molecule has 0 saturated heterocycles. The maximum atomic E-state index is 13.8. The maximum Gasteiger partial charge on any atom is 0.418 e. The lowest BCUT2D eigenvalue weighted by Crippen LogP contribution is -2.12. The second kappa shape index (κ2) is 12.3. The molecule has 3 aromatic heterocycles. The van der Waals surface area contributed by atoms with Gasteiger partial charge in [0.25, 0.3) is 0 Å². The minimum absolute atomic E-state index is 0.113. The van der Waals surface area contributed by atoms with Gasteiger partial charge in [0.2, 0.25) is 0 Å². The van der Waals surface area contributed by atoms with Crippen molar-refractivity contribution in [3.63, 3.8) is 0 Å². The molecule has 1 aromatic carbocycles. The van der Waals surface area contributed by atoms with Crippen molar-refractivity contribution in [1.29, 1.82) is 0 Å². The van der Waals surface area contributed by atoms with Crippen molar-refractivity contribution >= 4 is 39.2 Å². The van der Waals surface area contributed by atoms with E-state index in [1.165, 1.54) is 54.1 Å². The van der Waals surface area contributed by atoms with Gasteiger partial charge in [0, 0.05) is 34.8 Å². The van der Waals surface area contributed by atoms with Gasteiger partial charge in [0.05, 0.1) is 17.4 Å². The zero-order valence-electron chi connectivity index (χ0n) is 19.9. The standard InChI is InChI=1S/C26H28F3N5S2/c1-2-3-4-5-6-7-13-31-21-11-10-18(14-20(21)26(27,28)29)24-33-22(16-35-24)23-17-36-25(34-23)32-19-9-8-12-30-15-19/h8-12,14-17,31H,2-7,13H2,1H3,(H,32,34). The average Bonchev–Trinajstić information content (AvgIpc) is 3.54. The second-order valence-corrected chi connectivity index (χ2v) is 10.1. The van der Waals surface area contributed by atoms with E-state index in [0.29, 0.717) is 33.6 Å². The van der Waals surface area contributed by atoms with E-state index in [2.05, 4.69) is 32.5 Å². The number of nitrogens with one attached hydrogen (secondary N) is 2. The molecule has 0 amide bonds. The first kappa shape index (κ1) is 26.1. The summed E-state index contributed by atoms with van der Waals surface area (Å²) in [4.78, 5) is 13.2. The maximum absolute atomic E-state index is 13.8. The zero-order chi connectivity index (χ0) is 25.4. The van der Waals surface area contributed by atoms with E-state index in [-0.39, 0.29) is 5.69 Å². The van der Waals surface area contributed by atoms with Crippen LogP contribution in [-0.2, 0) is 6.18 Å². The van der Waals surface area contributed by atoms with Crippen LogP contribution >= 0.6 is 22.7 Å². The lowest BCUT2D eigenvalue weighted by atomic mass is 10.1. The number of halogens is 3. The van der Waals surface area contributed by atoms with Crippen molar-refractivity contribution in [2.75, 3.05) is 17.2 Å². The van der Waals surface area contributed by atoms with Crippen molar-refractivity contribution in [3.05, 3.63) is 59.0 Å². The van der Waals surface area contributed by atoms with Crippen LogP contribution < -0.4 is 10.6 Å². The molecule has 190 valence electrons. The largest absolute Gasteiger partial charge is 0.418 e. The molecule has 2 N–H and O–H groups in total. The number of aromatic nitrogens is 3. The normalized spacial score (nSPS) is 11.6. The number of unbranched alkanes of at least 4 members (excludes halogenated alkanes) is 5. The third-order valence-electron chi connectivity index (χ3n) is 5.60. The number of alkyl halides is 3. The summed E-state index contributed by atoms with van der Waals surface area (Å²) in [7, 11) is 0. The molecule has 4 aromatic rings. The first-order valence-corrected chi connectivity index (χ1v) is 13.7. The number of hydrogen-bond donors (Lipinski definition) is 2. The summed E-state index contributed by atoms with van der Waals surface area (Å²) in [5, 5.41) is 11.1. The van der Waals surface area contributed by atoms with Crippen molar-refractivity contribution in [2.24, 2.45) is 0 Å². The van der Waals surface area contributed by atoms with Crippen LogP contribution in [0.5, 0.6) is 0 Å². The Kier molecular flexibility index (Phi) is 8.93. The molecular weight excluding hydrogens is 503 g/mol. The molecule has 0 spiro atoms. The molecular formula is C26H28F3N5S2. The number of anilines is 3. The average molecular weight is 532 g/mol. The molecule has 0 bridgehead atoms. The van der Waals surface area contributed by atoms with Gasteiger partial charge in [0.1, 0.15) is 16.4 Å². The number of hydrogen-bond acceptors (Lipinski definition) is 7. The molecule has 3 heterocycles. The van der Waals surface area contributed by atoms with Gasteiger partial charge >= 0.3 is 6.18 Å². The molecule has 36 heavy (non-hydrogen) atoms. The molecule has 0 unspecified atom stereocenters. The molecule has 4 rings (SSSR count). The van der Waals surface area contributed by atoms with Gasteiger partial charge in [0.15, 0.2) is 5.13 Å². The Balaban J connectivity index is 1.44. The van der Waals surface area contributed by atoms with Gasteiger partial charge in [-0.2, -0.15) is 13.2 Å². The van der Waals surface area contributed by atoms with Crippen LogP contribution in [0.3, 0.4) is 0 Å². The SMILES string of the molecule is CCCCCCCCNc1ccc(-c2nc(-c3csc(Nc4cccnc4)n3)cs2)cc1C(F)(F)F. The van der Waals surface area contributed by atoms with E-state index in [1.54, 1.807) is 18.5 Å². The van der Waals surface area contributed by atoms with Gasteiger partial charge < -0.3 is 10.6 Å². The highest BCUT2D eigenvalue weighted by molar-refractivity contribution is 7.14. The predicted molar refractivity (Wildman–Crippen MR) is 143 cm³/mol. The van der Waals surface area contributed by atoms with Crippen LogP contribution in [0.25, 0.3) is 22.0 Å². The summed E-state index contributed by atoms with van der Waals surface area (Å²) in [5.41, 5.74) is 2.00. The topological polar surface area (TPSA) is 62.7 Å². The molecule has 5 nitrogen and oxygen atoms in total. The van der Waals surface area contributed by atoms with Crippen LogP contribution in [-0.4, -0.2) is 21.5 Å². The fourth-order valence-corrected chi connectivity index (χ4v) is 5.26. The summed E-state index contributed by atoms with van der Waals surface area (Å²) in [6.45, 7) is 2.68. The van der Waals surface area contributed by atoms with E-state index in [9.17, 15) is 13.2 Å². The summed E-state index contributed by atoms with van der Waals surface area (Å²) in [5.74, 6) is 0. The predicted octanol–water partition coefficient (Wildman–Crippen LogP) is 8.86. The van der Waals surface area contributed by atoms with Crippen LogP contribution in [0.4, 0.5) is 29.7 Å². The van der Waals surface area contributed by atoms with Crippen LogP contribution in [0.2, 0.25) is 0 Å². The third-order valence-corrected chi connectivity index (χ3v) is 7.25. The highest BCUT2D eigenvalue weighted by atomic mass is 32.1. The fraction of sp³-hybridized carbons (Fsp3) is 0.346. The van der Waals surface area contributed by atoms with Crippen molar-refractivity contribution < 1.29 is 13.2 Å². The fourth-order valence-electron chi connectivity index (χ4n) is 3.73. The Bertz CT molecular complexity index is 1240. The molecule has 0 atom stereocenters. The van der Waals surface area contributed by atoms with Crippen molar-refractivity contribution in [1.82, 2.24) is 15.0 Å². The summed E-state index contributed by atoms with van der Waals surface area (Å²) < 4.78 is 41.5. The zero-order valence-corrected chi connectivity index (χ0v) is 21.6. The first-order chi connectivity index (χ1) is 17.4. The minimum Gasteiger partial charge on any atom is -0.385 e. The monoisotopic (exact) mass is 531 g/mol.